The van der Waals surface area contributed by atoms with Crippen LogP contribution in [-0.2, 0) is 4.79 Å². The monoisotopic (exact) mass is 333 g/mol. The van der Waals surface area contributed by atoms with Gasteiger partial charge in [-0.05, 0) is 36.8 Å². The fraction of sp³-hybridized carbons (Fsp3) is 0.188. The summed E-state index contributed by atoms with van der Waals surface area (Å²) in [6.07, 6.45) is 0.320. The topological polar surface area (TPSA) is 38.3 Å². The lowest BCUT2D eigenvalue weighted by Gasteiger charge is -2.09. The van der Waals surface area contributed by atoms with Crippen LogP contribution >= 0.6 is 15.9 Å². The smallest absolute Gasteiger partial charge is 0.227 e. The van der Waals surface area contributed by atoms with Crippen LogP contribution in [0.25, 0.3) is 0 Å². The first-order valence-corrected chi connectivity index (χ1v) is 7.18. The van der Waals surface area contributed by atoms with Gasteiger partial charge in [-0.3, -0.25) is 4.79 Å². The van der Waals surface area contributed by atoms with E-state index in [0.717, 1.165) is 21.5 Å². The van der Waals surface area contributed by atoms with E-state index < -0.39 is 0 Å². The Hall–Kier alpha value is -1.81. The number of para-hydroxylation sites is 1. The van der Waals surface area contributed by atoms with Gasteiger partial charge in [-0.25, -0.2) is 0 Å². The second-order valence-electron chi connectivity index (χ2n) is 4.42. The number of amides is 1. The van der Waals surface area contributed by atoms with Gasteiger partial charge >= 0.3 is 0 Å². The second-order valence-corrected chi connectivity index (χ2v) is 5.33. The molecule has 0 heterocycles. The predicted octanol–water partition coefficient (Wildman–Crippen LogP) is 4.17. The maximum absolute atomic E-state index is 11.9. The summed E-state index contributed by atoms with van der Waals surface area (Å²) in [6, 6.07) is 15.3. The van der Waals surface area contributed by atoms with Gasteiger partial charge in [0.05, 0.1) is 13.0 Å². The van der Waals surface area contributed by atoms with Gasteiger partial charge in [0.2, 0.25) is 5.91 Å². The molecule has 20 heavy (non-hydrogen) atoms. The average Bonchev–Trinajstić information content (AvgIpc) is 2.44. The molecule has 1 N–H and O–H groups in total. The number of rotatable bonds is 5. The highest BCUT2D eigenvalue weighted by molar-refractivity contribution is 9.10. The van der Waals surface area contributed by atoms with E-state index in [0.29, 0.717) is 13.0 Å². The minimum absolute atomic E-state index is 0.0536. The van der Waals surface area contributed by atoms with Crippen molar-refractivity contribution in [1.29, 1.82) is 0 Å². The van der Waals surface area contributed by atoms with E-state index >= 15 is 0 Å². The zero-order valence-corrected chi connectivity index (χ0v) is 12.8. The zero-order valence-electron chi connectivity index (χ0n) is 11.2. The molecule has 0 aliphatic heterocycles. The highest BCUT2D eigenvalue weighted by Gasteiger charge is 2.05. The van der Waals surface area contributed by atoms with Crippen molar-refractivity contribution >= 4 is 27.5 Å². The van der Waals surface area contributed by atoms with Crippen molar-refractivity contribution in [3.8, 4) is 5.75 Å². The number of aryl methyl sites for hydroxylation is 1. The Morgan fingerprint density at radius 2 is 1.95 bits per heavy atom. The molecule has 0 aromatic heterocycles. The lowest BCUT2D eigenvalue weighted by atomic mass is 10.2. The molecule has 0 atom stereocenters. The van der Waals surface area contributed by atoms with E-state index in [1.54, 1.807) is 0 Å². The van der Waals surface area contributed by atoms with Crippen LogP contribution in [0.3, 0.4) is 0 Å². The van der Waals surface area contributed by atoms with E-state index in [-0.39, 0.29) is 5.91 Å². The number of hydrogen-bond donors (Lipinski definition) is 1. The summed E-state index contributed by atoms with van der Waals surface area (Å²) < 4.78 is 6.44. The maximum atomic E-state index is 11.9. The highest BCUT2D eigenvalue weighted by atomic mass is 79.9. The van der Waals surface area contributed by atoms with Crippen LogP contribution in [0.5, 0.6) is 5.75 Å². The molecule has 1 amide bonds. The second kappa shape index (κ2) is 7.10. The fourth-order valence-electron chi connectivity index (χ4n) is 1.72. The van der Waals surface area contributed by atoms with Crippen molar-refractivity contribution in [3.63, 3.8) is 0 Å². The summed E-state index contributed by atoms with van der Waals surface area (Å²) in [7, 11) is 0. The summed E-state index contributed by atoms with van der Waals surface area (Å²) in [5.74, 6) is 0.723. The summed E-state index contributed by atoms with van der Waals surface area (Å²) in [5, 5.41) is 2.89. The molecule has 0 saturated heterocycles. The number of hydrogen-bond acceptors (Lipinski definition) is 2. The fourth-order valence-corrected chi connectivity index (χ4v) is 2.08. The minimum Gasteiger partial charge on any atom is -0.493 e. The number of carbonyl (C=O) groups excluding carboxylic acids is 1. The molecule has 0 radical (unpaired) electrons. The largest absolute Gasteiger partial charge is 0.493 e. The van der Waals surface area contributed by atoms with Gasteiger partial charge in [0.15, 0.2) is 0 Å². The molecule has 0 aliphatic carbocycles. The summed E-state index contributed by atoms with van der Waals surface area (Å²) >= 11 is 3.39. The van der Waals surface area contributed by atoms with Crippen LogP contribution in [-0.4, -0.2) is 12.5 Å². The van der Waals surface area contributed by atoms with Crippen molar-refractivity contribution in [2.45, 2.75) is 13.3 Å². The normalized spacial score (nSPS) is 10.1. The molecule has 2 aromatic carbocycles. The SMILES string of the molecule is Cc1ccc(Br)cc1NC(=O)CCOc1ccccc1. The molecular formula is C16H16BrNO2. The number of ether oxygens (including phenoxy) is 1. The molecule has 3 nitrogen and oxygen atoms in total. The van der Waals surface area contributed by atoms with Crippen molar-refractivity contribution in [2.75, 3.05) is 11.9 Å². The number of nitrogens with one attached hydrogen (secondary N) is 1. The van der Waals surface area contributed by atoms with E-state index in [9.17, 15) is 4.79 Å². The summed E-state index contributed by atoms with van der Waals surface area (Å²) in [6.45, 7) is 2.32. The van der Waals surface area contributed by atoms with Crippen LogP contribution in [0.1, 0.15) is 12.0 Å². The average molecular weight is 334 g/mol. The highest BCUT2D eigenvalue weighted by Crippen LogP contribution is 2.20. The lowest BCUT2D eigenvalue weighted by Crippen LogP contribution is -2.15. The Kier molecular flexibility index (Phi) is 5.18. The van der Waals surface area contributed by atoms with Gasteiger partial charge in [0, 0.05) is 10.2 Å². The Labute approximate surface area is 127 Å². The Morgan fingerprint density at radius 1 is 1.20 bits per heavy atom. The summed E-state index contributed by atoms with van der Waals surface area (Å²) in [5.41, 5.74) is 1.86. The Balaban J connectivity index is 1.82. The van der Waals surface area contributed by atoms with Gasteiger partial charge in [0.1, 0.15) is 5.75 Å². The third-order valence-electron chi connectivity index (χ3n) is 2.81. The molecule has 4 heteroatoms. The molecule has 104 valence electrons. The Morgan fingerprint density at radius 3 is 2.70 bits per heavy atom. The van der Waals surface area contributed by atoms with Gasteiger partial charge in [-0.1, -0.05) is 40.2 Å². The quantitative estimate of drug-likeness (QED) is 0.891. The first kappa shape index (κ1) is 14.6. The number of anilines is 1. The van der Waals surface area contributed by atoms with Crippen LogP contribution in [0.2, 0.25) is 0 Å². The first-order chi connectivity index (χ1) is 9.65. The van der Waals surface area contributed by atoms with E-state index in [1.165, 1.54) is 0 Å². The number of halogens is 1. The molecule has 0 aliphatic rings. The van der Waals surface area contributed by atoms with Crippen LogP contribution in [0.15, 0.2) is 53.0 Å². The third-order valence-corrected chi connectivity index (χ3v) is 3.31. The molecule has 0 fully saturated rings. The third kappa shape index (κ3) is 4.38. The van der Waals surface area contributed by atoms with Gasteiger partial charge in [0.25, 0.3) is 0 Å². The molecule has 0 bridgehead atoms. The molecule has 2 rings (SSSR count). The van der Waals surface area contributed by atoms with Crippen molar-refractivity contribution < 1.29 is 9.53 Å². The standard InChI is InChI=1S/C16H16BrNO2/c1-12-7-8-13(17)11-15(12)18-16(19)9-10-20-14-5-3-2-4-6-14/h2-8,11H,9-10H2,1H3,(H,18,19). The van der Waals surface area contributed by atoms with Gasteiger partial charge < -0.3 is 10.1 Å². The Bertz CT molecular complexity index is 584. The number of carbonyl (C=O) groups is 1. The van der Waals surface area contributed by atoms with Crippen LogP contribution in [0.4, 0.5) is 5.69 Å². The molecule has 0 unspecified atom stereocenters. The lowest BCUT2D eigenvalue weighted by molar-refractivity contribution is -0.116. The van der Waals surface area contributed by atoms with E-state index in [1.807, 2.05) is 55.5 Å². The molecular weight excluding hydrogens is 318 g/mol. The van der Waals surface area contributed by atoms with Crippen LogP contribution in [0, 0.1) is 6.92 Å². The van der Waals surface area contributed by atoms with Crippen LogP contribution < -0.4 is 10.1 Å². The zero-order chi connectivity index (χ0) is 14.4. The first-order valence-electron chi connectivity index (χ1n) is 6.39. The molecule has 2 aromatic rings. The van der Waals surface area contributed by atoms with Crippen molar-refractivity contribution in [1.82, 2.24) is 0 Å². The van der Waals surface area contributed by atoms with Crippen molar-refractivity contribution in [2.24, 2.45) is 0 Å². The maximum Gasteiger partial charge on any atom is 0.227 e. The minimum atomic E-state index is -0.0536. The van der Waals surface area contributed by atoms with Gasteiger partial charge in [-0.15, -0.1) is 0 Å². The van der Waals surface area contributed by atoms with E-state index in [4.69, 9.17) is 4.74 Å². The van der Waals surface area contributed by atoms with Gasteiger partial charge in [-0.2, -0.15) is 0 Å². The van der Waals surface area contributed by atoms with Crippen molar-refractivity contribution in [3.05, 3.63) is 58.6 Å². The van der Waals surface area contributed by atoms with E-state index in [2.05, 4.69) is 21.2 Å². The molecule has 0 saturated carbocycles. The molecule has 0 spiro atoms. The summed E-state index contributed by atoms with van der Waals surface area (Å²) in [4.78, 5) is 11.9. The predicted molar refractivity (Wildman–Crippen MR) is 84.1 cm³/mol. The number of benzene rings is 2.